The van der Waals surface area contributed by atoms with Gasteiger partial charge in [-0.2, -0.15) is 0 Å². The molecule has 1 fully saturated rings. The molecule has 0 aliphatic heterocycles. The summed E-state index contributed by atoms with van der Waals surface area (Å²) in [5.41, 5.74) is 0. The van der Waals surface area contributed by atoms with Crippen LogP contribution in [0.25, 0.3) is 0 Å². The minimum absolute atomic E-state index is 0.0523. The molecule has 16 heavy (non-hydrogen) atoms. The van der Waals surface area contributed by atoms with Crippen molar-refractivity contribution in [2.75, 3.05) is 13.1 Å². The fourth-order valence-electron chi connectivity index (χ4n) is 2.24. The van der Waals surface area contributed by atoms with Crippen LogP contribution in [0, 0.1) is 5.92 Å². The summed E-state index contributed by atoms with van der Waals surface area (Å²) in [4.78, 5) is 11.7. The molecule has 1 saturated carbocycles. The minimum Gasteiger partial charge on any atom is -0.354 e. The molecule has 0 bridgehead atoms. The van der Waals surface area contributed by atoms with Gasteiger partial charge < -0.3 is 10.6 Å². The molecule has 1 amide bonds. The van der Waals surface area contributed by atoms with E-state index in [0.717, 1.165) is 25.4 Å². The van der Waals surface area contributed by atoms with Gasteiger partial charge in [0.05, 0.1) is 6.04 Å². The third-order valence-corrected chi connectivity index (χ3v) is 3.38. The van der Waals surface area contributed by atoms with E-state index in [4.69, 9.17) is 0 Å². The SMILES string of the molecule is CCCNC(C)C(=O)NCC1CCCCC1. The zero-order valence-electron chi connectivity index (χ0n) is 10.7. The molecule has 0 radical (unpaired) electrons. The van der Waals surface area contributed by atoms with Crippen molar-refractivity contribution in [1.29, 1.82) is 0 Å². The highest BCUT2D eigenvalue weighted by molar-refractivity contribution is 5.81. The average Bonchev–Trinajstić information content (AvgIpc) is 2.34. The quantitative estimate of drug-likeness (QED) is 0.728. The van der Waals surface area contributed by atoms with E-state index in [9.17, 15) is 4.79 Å². The lowest BCUT2D eigenvalue weighted by Gasteiger charge is -2.22. The van der Waals surface area contributed by atoms with Gasteiger partial charge in [0.25, 0.3) is 0 Å². The van der Waals surface area contributed by atoms with Crippen LogP contribution in [0.4, 0.5) is 0 Å². The lowest BCUT2D eigenvalue weighted by Crippen LogP contribution is -2.44. The highest BCUT2D eigenvalue weighted by atomic mass is 16.2. The van der Waals surface area contributed by atoms with Gasteiger partial charge in [-0.3, -0.25) is 4.79 Å². The van der Waals surface area contributed by atoms with Crippen molar-refractivity contribution in [3.8, 4) is 0 Å². The Labute approximate surface area is 99.4 Å². The number of hydrogen-bond donors (Lipinski definition) is 2. The van der Waals surface area contributed by atoms with E-state index >= 15 is 0 Å². The van der Waals surface area contributed by atoms with Crippen LogP contribution in [-0.4, -0.2) is 25.0 Å². The number of nitrogens with one attached hydrogen (secondary N) is 2. The molecule has 3 nitrogen and oxygen atoms in total. The molecule has 1 atom stereocenters. The maximum atomic E-state index is 11.7. The highest BCUT2D eigenvalue weighted by Crippen LogP contribution is 2.22. The monoisotopic (exact) mass is 226 g/mol. The number of carbonyl (C=O) groups excluding carboxylic acids is 1. The van der Waals surface area contributed by atoms with E-state index in [2.05, 4.69) is 17.6 Å². The van der Waals surface area contributed by atoms with Crippen molar-refractivity contribution < 1.29 is 4.79 Å². The molecule has 0 spiro atoms. The maximum absolute atomic E-state index is 11.7. The van der Waals surface area contributed by atoms with Gasteiger partial charge in [0.2, 0.25) is 5.91 Å². The van der Waals surface area contributed by atoms with E-state index in [1.54, 1.807) is 0 Å². The first-order valence-corrected chi connectivity index (χ1v) is 6.75. The standard InChI is InChI=1S/C13H26N2O/c1-3-9-14-11(2)13(16)15-10-12-7-5-4-6-8-12/h11-12,14H,3-10H2,1-2H3,(H,15,16). The molecule has 3 heteroatoms. The van der Waals surface area contributed by atoms with Crippen LogP contribution in [0.2, 0.25) is 0 Å². The number of carbonyl (C=O) groups is 1. The Kier molecular flexibility index (Phi) is 6.46. The zero-order valence-corrected chi connectivity index (χ0v) is 10.7. The van der Waals surface area contributed by atoms with Gasteiger partial charge in [0.15, 0.2) is 0 Å². The average molecular weight is 226 g/mol. The summed E-state index contributed by atoms with van der Waals surface area (Å²) in [5, 5.41) is 6.27. The van der Waals surface area contributed by atoms with Crippen LogP contribution >= 0.6 is 0 Å². The Morgan fingerprint density at radius 3 is 2.62 bits per heavy atom. The molecule has 0 saturated heterocycles. The Hall–Kier alpha value is -0.570. The normalized spacial score (nSPS) is 19.4. The van der Waals surface area contributed by atoms with Crippen molar-refractivity contribution in [3.63, 3.8) is 0 Å². The number of rotatable bonds is 6. The second-order valence-electron chi connectivity index (χ2n) is 4.92. The second kappa shape index (κ2) is 7.66. The van der Waals surface area contributed by atoms with Gasteiger partial charge in [-0.1, -0.05) is 26.2 Å². The van der Waals surface area contributed by atoms with E-state index in [0.29, 0.717) is 0 Å². The minimum atomic E-state index is -0.0523. The first-order chi connectivity index (χ1) is 7.74. The predicted octanol–water partition coefficient (Wildman–Crippen LogP) is 2.07. The first-order valence-electron chi connectivity index (χ1n) is 6.75. The van der Waals surface area contributed by atoms with Gasteiger partial charge in [0, 0.05) is 6.54 Å². The number of hydrogen-bond acceptors (Lipinski definition) is 2. The lowest BCUT2D eigenvalue weighted by atomic mass is 9.89. The van der Waals surface area contributed by atoms with Gasteiger partial charge >= 0.3 is 0 Å². The molecular weight excluding hydrogens is 200 g/mol. The highest BCUT2D eigenvalue weighted by Gasteiger charge is 2.16. The molecule has 2 N–H and O–H groups in total. The van der Waals surface area contributed by atoms with E-state index < -0.39 is 0 Å². The van der Waals surface area contributed by atoms with Crippen LogP contribution in [0.3, 0.4) is 0 Å². The van der Waals surface area contributed by atoms with Crippen molar-refractivity contribution in [1.82, 2.24) is 10.6 Å². The second-order valence-corrected chi connectivity index (χ2v) is 4.92. The molecule has 0 aromatic heterocycles. The Balaban J connectivity index is 2.12. The van der Waals surface area contributed by atoms with Gasteiger partial charge in [-0.25, -0.2) is 0 Å². The Morgan fingerprint density at radius 1 is 1.31 bits per heavy atom. The first kappa shape index (κ1) is 13.5. The van der Waals surface area contributed by atoms with E-state index in [1.807, 2.05) is 6.92 Å². The molecule has 0 aromatic carbocycles. The van der Waals surface area contributed by atoms with Gasteiger partial charge in [-0.15, -0.1) is 0 Å². The van der Waals surface area contributed by atoms with Gasteiger partial charge in [-0.05, 0) is 38.6 Å². The van der Waals surface area contributed by atoms with Gasteiger partial charge in [0.1, 0.15) is 0 Å². The maximum Gasteiger partial charge on any atom is 0.236 e. The van der Waals surface area contributed by atoms with Crippen molar-refractivity contribution in [2.45, 2.75) is 58.4 Å². The summed E-state index contributed by atoms with van der Waals surface area (Å²) < 4.78 is 0. The largest absolute Gasteiger partial charge is 0.354 e. The van der Waals surface area contributed by atoms with Crippen LogP contribution < -0.4 is 10.6 Å². The van der Waals surface area contributed by atoms with Crippen LogP contribution in [-0.2, 0) is 4.79 Å². The summed E-state index contributed by atoms with van der Waals surface area (Å²) in [7, 11) is 0. The zero-order chi connectivity index (χ0) is 11.8. The topological polar surface area (TPSA) is 41.1 Å². The Bertz CT molecular complexity index is 200. The van der Waals surface area contributed by atoms with Crippen LogP contribution in [0.5, 0.6) is 0 Å². The molecule has 1 aliphatic rings. The predicted molar refractivity (Wildman–Crippen MR) is 67.3 cm³/mol. The van der Waals surface area contributed by atoms with Crippen molar-refractivity contribution >= 4 is 5.91 Å². The Morgan fingerprint density at radius 2 is 2.00 bits per heavy atom. The summed E-state index contributed by atoms with van der Waals surface area (Å²) >= 11 is 0. The number of amides is 1. The van der Waals surface area contributed by atoms with Crippen molar-refractivity contribution in [2.24, 2.45) is 5.92 Å². The molecule has 94 valence electrons. The summed E-state index contributed by atoms with van der Waals surface area (Å²) in [6.45, 7) is 5.83. The van der Waals surface area contributed by atoms with Crippen LogP contribution in [0.15, 0.2) is 0 Å². The van der Waals surface area contributed by atoms with Crippen LogP contribution in [0.1, 0.15) is 52.4 Å². The van der Waals surface area contributed by atoms with E-state index in [-0.39, 0.29) is 11.9 Å². The third-order valence-electron chi connectivity index (χ3n) is 3.38. The molecule has 1 unspecified atom stereocenters. The molecule has 0 aromatic rings. The van der Waals surface area contributed by atoms with E-state index in [1.165, 1.54) is 32.1 Å². The third kappa shape index (κ3) is 4.97. The fraction of sp³-hybridized carbons (Fsp3) is 0.923. The summed E-state index contributed by atoms with van der Waals surface area (Å²) in [5.74, 6) is 0.870. The summed E-state index contributed by atoms with van der Waals surface area (Å²) in [6.07, 6.45) is 7.70. The fourth-order valence-corrected chi connectivity index (χ4v) is 2.24. The molecular formula is C13H26N2O. The smallest absolute Gasteiger partial charge is 0.236 e. The lowest BCUT2D eigenvalue weighted by molar-refractivity contribution is -0.123. The summed E-state index contributed by atoms with van der Waals surface area (Å²) in [6, 6.07) is -0.0523. The molecule has 1 rings (SSSR count). The molecule has 1 aliphatic carbocycles. The van der Waals surface area contributed by atoms with Crippen molar-refractivity contribution in [3.05, 3.63) is 0 Å². The molecule has 0 heterocycles.